The zero-order chi connectivity index (χ0) is 11.3. The average Bonchev–Trinajstić information content (AvgIpc) is 2.25. The molecule has 2 nitrogen and oxygen atoms in total. The standard InChI is InChI=1S/C11H14O2S2/c1-8-5-4-6-9(7-8)15-11(14-3)10(12)13-2/h4-7,11H,1-3H3. The number of hydrogen-bond acceptors (Lipinski definition) is 4. The fraction of sp³-hybridized carbons (Fsp3) is 0.364. The molecule has 1 atom stereocenters. The van der Waals surface area contributed by atoms with Crippen molar-refractivity contribution in [2.75, 3.05) is 13.4 Å². The van der Waals surface area contributed by atoms with Gasteiger partial charge in [-0.15, -0.1) is 11.8 Å². The van der Waals surface area contributed by atoms with E-state index >= 15 is 0 Å². The Kier molecular flexibility index (Phi) is 5.05. The Labute approximate surface area is 98.8 Å². The summed E-state index contributed by atoms with van der Waals surface area (Å²) in [5, 5.41) is 0. The Morgan fingerprint density at radius 1 is 1.47 bits per heavy atom. The lowest BCUT2D eigenvalue weighted by Gasteiger charge is -2.11. The number of ether oxygens (including phenoxy) is 1. The number of aryl methyl sites for hydroxylation is 1. The van der Waals surface area contributed by atoms with E-state index in [0.29, 0.717) is 0 Å². The number of esters is 1. The Morgan fingerprint density at radius 3 is 2.73 bits per heavy atom. The maximum absolute atomic E-state index is 11.4. The molecule has 0 spiro atoms. The molecule has 0 aliphatic carbocycles. The molecule has 0 N–H and O–H groups in total. The lowest BCUT2D eigenvalue weighted by atomic mass is 10.2. The van der Waals surface area contributed by atoms with Crippen LogP contribution in [0.4, 0.5) is 0 Å². The first-order valence-corrected chi connectivity index (χ1v) is 6.68. The van der Waals surface area contributed by atoms with Gasteiger partial charge in [0.2, 0.25) is 0 Å². The van der Waals surface area contributed by atoms with Gasteiger partial charge < -0.3 is 4.74 Å². The van der Waals surface area contributed by atoms with Crippen molar-refractivity contribution in [3.63, 3.8) is 0 Å². The van der Waals surface area contributed by atoms with Crippen LogP contribution in [0.1, 0.15) is 5.56 Å². The van der Waals surface area contributed by atoms with Gasteiger partial charge in [0.1, 0.15) is 0 Å². The predicted octanol–water partition coefficient (Wildman–Crippen LogP) is 2.95. The van der Waals surface area contributed by atoms with Crippen molar-refractivity contribution in [3.8, 4) is 0 Å². The van der Waals surface area contributed by atoms with E-state index in [-0.39, 0.29) is 10.6 Å². The minimum atomic E-state index is -0.186. The predicted molar refractivity (Wildman–Crippen MR) is 66.4 cm³/mol. The maximum Gasteiger partial charge on any atom is 0.329 e. The number of rotatable bonds is 4. The van der Waals surface area contributed by atoms with Crippen molar-refractivity contribution >= 4 is 29.5 Å². The van der Waals surface area contributed by atoms with Crippen molar-refractivity contribution in [3.05, 3.63) is 29.8 Å². The Morgan fingerprint density at radius 2 is 2.20 bits per heavy atom. The SMILES string of the molecule is COC(=O)C(SC)Sc1cccc(C)c1. The summed E-state index contributed by atoms with van der Waals surface area (Å²) in [4.78, 5) is 12.5. The van der Waals surface area contributed by atoms with E-state index in [1.165, 1.54) is 36.2 Å². The Hall–Kier alpha value is -0.610. The van der Waals surface area contributed by atoms with Gasteiger partial charge in [0.25, 0.3) is 0 Å². The largest absolute Gasteiger partial charge is 0.468 e. The molecule has 82 valence electrons. The third-order valence-corrected chi connectivity index (χ3v) is 4.26. The minimum Gasteiger partial charge on any atom is -0.468 e. The zero-order valence-corrected chi connectivity index (χ0v) is 10.7. The molecule has 0 saturated carbocycles. The monoisotopic (exact) mass is 242 g/mol. The number of methoxy groups -OCH3 is 1. The number of thioether (sulfide) groups is 2. The van der Waals surface area contributed by atoms with Gasteiger partial charge in [0.05, 0.1) is 7.11 Å². The summed E-state index contributed by atoms with van der Waals surface area (Å²) in [7, 11) is 1.42. The van der Waals surface area contributed by atoms with Gasteiger partial charge in [0, 0.05) is 4.90 Å². The summed E-state index contributed by atoms with van der Waals surface area (Å²) in [5.41, 5.74) is 1.20. The topological polar surface area (TPSA) is 26.3 Å². The molecule has 0 heterocycles. The van der Waals surface area contributed by atoms with Gasteiger partial charge in [-0.3, -0.25) is 0 Å². The fourth-order valence-electron chi connectivity index (χ4n) is 1.10. The summed E-state index contributed by atoms with van der Waals surface area (Å²) >= 11 is 3.02. The first kappa shape index (κ1) is 12.5. The first-order chi connectivity index (χ1) is 7.17. The Bertz CT molecular complexity index is 339. The van der Waals surface area contributed by atoms with Crippen LogP contribution in [-0.4, -0.2) is 23.9 Å². The third-order valence-electron chi connectivity index (χ3n) is 1.84. The van der Waals surface area contributed by atoms with Crippen LogP contribution in [0.25, 0.3) is 0 Å². The van der Waals surface area contributed by atoms with Gasteiger partial charge >= 0.3 is 5.97 Å². The highest BCUT2D eigenvalue weighted by Gasteiger charge is 2.18. The zero-order valence-electron chi connectivity index (χ0n) is 9.02. The molecule has 0 amide bonds. The molecule has 1 unspecified atom stereocenters. The maximum atomic E-state index is 11.4. The van der Waals surface area contributed by atoms with E-state index in [1.54, 1.807) is 0 Å². The van der Waals surface area contributed by atoms with E-state index in [9.17, 15) is 4.79 Å². The highest BCUT2D eigenvalue weighted by Crippen LogP contribution is 2.30. The number of carbonyl (C=O) groups excluding carboxylic acids is 1. The van der Waals surface area contributed by atoms with Crippen LogP contribution in [0.2, 0.25) is 0 Å². The van der Waals surface area contributed by atoms with Crippen LogP contribution in [0.5, 0.6) is 0 Å². The van der Waals surface area contributed by atoms with Crippen LogP contribution in [0.15, 0.2) is 29.2 Å². The summed E-state index contributed by atoms with van der Waals surface area (Å²) in [5.74, 6) is -0.186. The second-order valence-electron chi connectivity index (χ2n) is 3.03. The normalized spacial score (nSPS) is 12.2. The molecule has 0 radical (unpaired) electrons. The molecule has 1 aromatic rings. The highest BCUT2D eigenvalue weighted by atomic mass is 32.2. The van der Waals surface area contributed by atoms with Gasteiger partial charge in [0.15, 0.2) is 4.58 Å². The number of hydrogen-bond donors (Lipinski definition) is 0. The smallest absolute Gasteiger partial charge is 0.329 e. The third kappa shape index (κ3) is 3.80. The lowest BCUT2D eigenvalue weighted by molar-refractivity contribution is -0.138. The molecule has 4 heteroatoms. The molecular formula is C11H14O2S2. The van der Waals surface area contributed by atoms with E-state index in [0.717, 1.165) is 4.90 Å². The van der Waals surface area contributed by atoms with Gasteiger partial charge in [-0.1, -0.05) is 29.5 Å². The van der Waals surface area contributed by atoms with Gasteiger partial charge in [-0.05, 0) is 25.3 Å². The van der Waals surface area contributed by atoms with E-state index in [1.807, 2.05) is 31.4 Å². The molecular weight excluding hydrogens is 228 g/mol. The fourth-order valence-corrected chi connectivity index (χ4v) is 2.96. The van der Waals surface area contributed by atoms with Crippen molar-refractivity contribution in [2.24, 2.45) is 0 Å². The minimum absolute atomic E-state index is 0.184. The molecule has 0 aromatic heterocycles. The van der Waals surface area contributed by atoms with E-state index < -0.39 is 0 Å². The summed E-state index contributed by atoms with van der Waals surface area (Å²) in [6.45, 7) is 2.04. The second-order valence-corrected chi connectivity index (χ2v) is 5.44. The molecule has 0 aliphatic heterocycles. The molecule has 0 aliphatic rings. The van der Waals surface area contributed by atoms with Crippen molar-refractivity contribution in [1.82, 2.24) is 0 Å². The van der Waals surface area contributed by atoms with Crippen LogP contribution in [0.3, 0.4) is 0 Å². The first-order valence-electron chi connectivity index (χ1n) is 4.51. The Balaban J connectivity index is 2.70. The van der Waals surface area contributed by atoms with E-state index in [2.05, 4.69) is 6.07 Å². The molecule has 1 rings (SSSR count). The van der Waals surface area contributed by atoms with Crippen molar-refractivity contribution < 1.29 is 9.53 Å². The van der Waals surface area contributed by atoms with Crippen LogP contribution in [0, 0.1) is 6.92 Å². The average molecular weight is 242 g/mol. The molecule has 1 aromatic carbocycles. The van der Waals surface area contributed by atoms with Gasteiger partial charge in [-0.2, -0.15) is 0 Å². The van der Waals surface area contributed by atoms with Crippen LogP contribution < -0.4 is 0 Å². The van der Waals surface area contributed by atoms with Crippen LogP contribution in [-0.2, 0) is 9.53 Å². The van der Waals surface area contributed by atoms with Crippen LogP contribution >= 0.6 is 23.5 Å². The summed E-state index contributed by atoms with van der Waals surface area (Å²) < 4.78 is 4.54. The number of benzene rings is 1. The molecule has 0 fully saturated rings. The highest BCUT2D eigenvalue weighted by molar-refractivity contribution is 8.17. The quantitative estimate of drug-likeness (QED) is 0.461. The van der Waals surface area contributed by atoms with Crippen molar-refractivity contribution in [1.29, 1.82) is 0 Å². The molecule has 0 saturated heterocycles. The second kappa shape index (κ2) is 6.08. The number of carbonyl (C=O) groups is 1. The van der Waals surface area contributed by atoms with E-state index in [4.69, 9.17) is 4.74 Å². The van der Waals surface area contributed by atoms with Gasteiger partial charge in [-0.25, -0.2) is 4.79 Å². The lowest BCUT2D eigenvalue weighted by Crippen LogP contribution is -2.14. The summed E-state index contributed by atoms with van der Waals surface area (Å²) in [6.07, 6.45) is 1.91. The van der Waals surface area contributed by atoms with Crippen molar-refractivity contribution in [2.45, 2.75) is 16.4 Å². The molecule has 15 heavy (non-hydrogen) atoms. The molecule has 0 bridgehead atoms. The summed E-state index contributed by atoms with van der Waals surface area (Å²) in [6, 6.07) is 8.10.